The van der Waals surface area contributed by atoms with Crippen LogP contribution in [0.3, 0.4) is 0 Å². The quantitative estimate of drug-likeness (QED) is 0.868. The van der Waals surface area contributed by atoms with Crippen molar-refractivity contribution in [3.8, 4) is 0 Å². The number of nitrogens with one attached hydrogen (secondary N) is 1. The maximum Gasteiger partial charge on any atom is 0.318 e. The molecule has 2 amide bonds. The maximum absolute atomic E-state index is 12.5. The van der Waals surface area contributed by atoms with E-state index in [0.717, 1.165) is 50.2 Å². The summed E-state index contributed by atoms with van der Waals surface area (Å²) >= 11 is 0. The average Bonchev–Trinajstić information content (AvgIpc) is 3.17. The van der Waals surface area contributed by atoms with Crippen molar-refractivity contribution in [1.82, 2.24) is 10.2 Å². The molecule has 120 valence electrons. The van der Waals surface area contributed by atoms with Gasteiger partial charge in [-0.05, 0) is 44.2 Å². The van der Waals surface area contributed by atoms with Crippen molar-refractivity contribution in [3.63, 3.8) is 0 Å². The Morgan fingerprint density at radius 2 is 2.32 bits per heavy atom. The van der Waals surface area contributed by atoms with E-state index in [1.807, 2.05) is 17.0 Å². The minimum atomic E-state index is 0.0174. The number of methoxy groups -OCH3 is 1. The molecule has 2 atom stereocenters. The van der Waals surface area contributed by atoms with Crippen LogP contribution in [0.15, 0.2) is 28.7 Å². The van der Waals surface area contributed by atoms with E-state index in [1.54, 1.807) is 7.11 Å². The van der Waals surface area contributed by atoms with E-state index in [-0.39, 0.29) is 18.1 Å². The van der Waals surface area contributed by atoms with Crippen LogP contribution in [0, 0.1) is 0 Å². The number of furan rings is 1. The molecule has 1 N–H and O–H groups in total. The minimum absolute atomic E-state index is 0.0174. The monoisotopic (exact) mass is 304 g/mol. The highest BCUT2D eigenvalue weighted by Gasteiger charge is 2.32. The highest BCUT2D eigenvalue weighted by Crippen LogP contribution is 2.33. The zero-order valence-corrected chi connectivity index (χ0v) is 13.1. The van der Waals surface area contributed by atoms with Gasteiger partial charge in [0.05, 0.1) is 6.04 Å². The first-order valence-electron chi connectivity index (χ1n) is 8.09. The third-order valence-corrected chi connectivity index (χ3v) is 4.37. The Hall–Kier alpha value is -1.75. The number of ether oxygens (including phenoxy) is 1. The number of carbonyl (C=O) groups is 1. The van der Waals surface area contributed by atoms with Crippen molar-refractivity contribution in [2.45, 2.75) is 50.8 Å². The van der Waals surface area contributed by atoms with Crippen LogP contribution in [0.2, 0.25) is 0 Å². The Morgan fingerprint density at radius 3 is 3.09 bits per heavy atom. The second kappa shape index (κ2) is 7.01. The lowest BCUT2D eigenvalue weighted by atomic mass is 10.0. The first-order chi connectivity index (χ1) is 10.8. The fourth-order valence-electron chi connectivity index (χ4n) is 3.27. The normalized spacial score (nSPS) is 24.7. The summed E-state index contributed by atoms with van der Waals surface area (Å²) in [5.41, 5.74) is 0. The minimum Gasteiger partial charge on any atom is -0.461 e. The second-order valence-corrected chi connectivity index (χ2v) is 6.00. The van der Waals surface area contributed by atoms with Crippen molar-refractivity contribution in [1.29, 1.82) is 0 Å². The standard InChI is InChI=1S/C17H24N2O3/c1-21-12-14-9-10-16(22-14)15-8-5-11-19(15)17(20)18-13-6-3-2-4-7-13/h3,6,9-10,13,15H,2,4-5,7-8,11-12H2,1H3,(H,18,20)/t13-,15-/m1/s1. The number of likely N-dealkylation sites (tertiary alicyclic amines) is 1. The number of urea groups is 1. The van der Waals surface area contributed by atoms with Crippen LogP contribution in [0.4, 0.5) is 4.79 Å². The van der Waals surface area contributed by atoms with Gasteiger partial charge in [-0.2, -0.15) is 0 Å². The van der Waals surface area contributed by atoms with Gasteiger partial charge >= 0.3 is 6.03 Å². The number of hydrogen-bond donors (Lipinski definition) is 1. The highest BCUT2D eigenvalue weighted by molar-refractivity contribution is 5.75. The van der Waals surface area contributed by atoms with Gasteiger partial charge in [0.15, 0.2) is 0 Å². The largest absolute Gasteiger partial charge is 0.461 e. The number of hydrogen-bond acceptors (Lipinski definition) is 3. The smallest absolute Gasteiger partial charge is 0.318 e. The molecule has 0 unspecified atom stereocenters. The summed E-state index contributed by atoms with van der Waals surface area (Å²) in [4.78, 5) is 14.4. The first-order valence-corrected chi connectivity index (χ1v) is 8.09. The van der Waals surface area contributed by atoms with Crippen LogP contribution in [0.1, 0.15) is 49.7 Å². The lowest BCUT2D eigenvalue weighted by Gasteiger charge is -2.26. The van der Waals surface area contributed by atoms with Gasteiger partial charge in [-0.1, -0.05) is 12.2 Å². The molecule has 22 heavy (non-hydrogen) atoms. The molecule has 0 aromatic carbocycles. The van der Waals surface area contributed by atoms with Crippen LogP contribution in [0.25, 0.3) is 0 Å². The van der Waals surface area contributed by atoms with Gasteiger partial charge in [-0.15, -0.1) is 0 Å². The summed E-state index contributed by atoms with van der Waals surface area (Å²) in [6, 6.07) is 4.12. The van der Waals surface area contributed by atoms with Crippen LogP contribution in [0.5, 0.6) is 0 Å². The predicted octanol–water partition coefficient (Wildman–Crippen LogP) is 3.38. The number of allylic oxidation sites excluding steroid dienone is 1. The van der Waals surface area contributed by atoms with Gasteiger partial charge in [0, 0.05) is 19.7 Å². The van der Waals surface area contributed by atoms with Crippen molar-refractivity contribution >= 4 is 6.03 Å². The molecule has 0 saturated carbocycles. The van der Waals surface area contributed by atoms with E-state index < -0.39 is 0 Å². The van der Waals surface area contributed by atoms with Crippen molar-refractivity contribution < 1.29 is 13.9 Å². The van der Waals surface area contributed by atoms with Crippen LogP contribution >= 0.6 is 0 Å². The summed E-state index contributed by atoms with van der Waals surface area (Å²) in [5, 5.41) is 3.13. The van der Waals surface area contributed by atoms with Crippen molar-refractivity contribution in [2.24, 2.45) is 0 Å². The molecule has 1 aliphatic carbocycles. The van der Waals surface area contributed by atoms with E-state index in [0.29, 0.717) is 6.61 Å². The van der Waals surface area contributed by atoms with Crippen LogP contribution < -0.4 is 5.32 Å². The summed E-state index contributed by atoms with van der Waals surface area (Å²) in [6.45, 7) is 1.25. The summed E-state index contributed by atoms with van der Waals surface area (Å²) < 4.78 is 10.9. The molecule has 0 spiro atoms. The Balaban J connectivity index is 1.65. The van der Waals surface area contributed by atoms with Crippen LogP contribution in [-0.4, -0.2) is 30.6 Å². The third kappa shape index (κ3) is 3.35. The zero-order chi connectivity index (χ0) is 15.4. The summed E-state index contributed by atoms with van der Waals surface area (Å²) in [5.74, 6) is 1.67. The molecule has 3 rings (SSSR count). The summed E-state index contributed by atoms with van der Waals surface area (Å²) in [7, 11) is 1.65. The van der Waals surface area contributed by atoms with E-state index in [2.05, 4.69) is 17.5 Å². The van der Waals surface area contributed by atoms with Gasteiger partial charge in [0.1, 0.15) is 18.1 Å². The Labute approximate surface area is 131 Å². The molecule has 0 radical (unpaired) electrons. The summed E-state index contributed by atoms with van der Waals surface area (Å²) in [6.07, 6.45) is 9.51. The molecule has 1 aromatic rings. The number of carbonyl (C=O) groups excluding carboxylic acids is 1. The third-order valence-electron chi connectivity index (χ3n) is 4.37. The molecule has 1 aromatic heterocycles. The van der Waals surface area contributed by atoms with Gasteiger partial charge in [0.2, 0.25) is 0 Å². The fraction of sp³-hybridized carbons (Fsp3) is 0.588. The second-order valence-electron chi connectivity index (χ2n) is 6.00. The van der Waals surface area contributed by atoms with Gasteiger partial charge in [0.25, 0.3) is 0 Å². The molecule has 1 saturated heterocycles. The average molecular weight is 304 g/mol. The molecule has 5 heteroatoms. The SMILES string of the molecule is COCc1ccc([C@H]2CCCN2C(=O)N[C@@H]2C=CCCC2)o1. The van der Waals surface area contributed by atoms with E-state index >= 15 is 0 Å². The Morgan fingerprint density at radius 1 is 1.41 bits per heavy atom. The molecule has 5 nitrogen and oxygen atoms in total. The topological polar surface area (TPSA) is 54.7 Å². The van der Waals surface area contributed by atoms with E-state index in [4.69, 9.17) is 9.15 Å². The zero-order valence-electron chi connectivity index (χ0n) is 13.1. The Kier molecular flexibility index (Phi) is 4.83. The van der Waals surface area contributed by atoms with Crippen LogP contribution in [-0.2, 0) is 11.3 Å². The van der Waals surface area contributed by atoms with E-state index in [9.17, 15) is 4.79 Å². The molecular formula is C17H24N2O3. The number of rotatable bonds is 4. The molecule has 1 aliphatic heterocycles. The molecular weight excluding hydrogens is 280 g/mol. The van der Waals surface area contributed by atoms with Gasteiger partial charge in [-0.25, -0.2) is 4.79 Å². The van der Waals surface area contributed by atoms with Gasteiger partial charge in [-0.3, -0.25) is 0 Å². The Bertz CT molecular complexity index is 538. The number of amides is 2. The van der Waals surface area contributed by atoms with Gasteiger partial charge < -0.3 is 19.4 Å². The molecule has 1 fully saturated rings. The number of nitrogens with zero attached hydrogens (tertiary/aromatic N) is 1. The van der Waals surface area contributed by atoms with Crippen molar-refractivity contribution in [2.75, 3.05) is 13.7 Å². The molecule has 2 heterocycles. The first kappa shape index (κ1) is 15.2. The maximum atomic E-state index is 12.5. The lowest BCUT2D eigenvalue weighted by molar-refractivity contribution is 0.155. The van der Waals surface area contributed by atoms with Crippen molar-refractivity contribution in [3.05, 3.63) is 35.8 Å². The predicted molar refractivity (Wildman–Crippen MR) is 83.4 cm³/mol. The molecule has 0 bridgehead atoms. The lowest BCUT2D eigenvalue weighted by Crippen LogP contribution is -2.44. The highest BCUT2D eigenvalue weighted by atomic mass is 16.5. The fourth-order valence-corrected chi connectivity index (χ4v) is 3.27. The van der Waals surface area contributed by atoms with E-state index in [1.165, 1.54) is 0 Å². The molecule has 2 aliphatic rings.